The van der Waals surface area contributed by atoms with Crippen LogP contribution in [0.4, 0.5) is 0 Å². The topological polar surface area (TPSA) is 93.7 Å². The molecule has 1 aromatic rings. The van der Waals surface area contributed by atoms with E-state index in [1.54, 1.807) is 38.1 Å². The molecule has 0 saturated heterocycles. The number of sulfonamides is 1. The van der Waals surface area contributed by atoms with Gasteiger partial charge in [0.1, 0.15) is 19.5 Å². The fourth-order valence-corrected chi connectivity index (χ4v) is 3.72. The van der Waals surface area contributed by atoms with Crippen molar-refractivity contribution in [3.63, 3.8) is 0 Å². The number of nitrogens with one attached hydrogen (secondary N) is 2. The van der Waals surface area contributed by atoms with Crippen LogP contribution < -0.4 is 10.0 Å². The molecule has 1 aliphatic rings. The lowest BCUT2D eigenvalue weighted by Gasteiger charge is -2.16. The molecule has 8 heteroatoms. The zero-order chi connectivity index (χ0) is 17.6. The van der Waals surface area contributed by atoms with E-state index in [1.165, 1.54) is 6.26 Å². The number of rotatable bonds is 7. The van der Waals surface area contributed by atoms with Gasteiger partial charge in [-0.25, -0.2) is 13.1 Å². The smallest absolute Gasteiger partial charge is 0.289 e. The van der Waals surface area contributed by atoms with Crippen molar-refractivity contribution in [3.05, 3.63) is 47.4 Å². The molecule has 0 aromatic heterocycles. The molecule has 0 bridgehead atoms. The monoisotopic (exact) mass is 354 g/mol. The van der Waals surface area contributed by atoms with Crippen LogP contribution in [0.15, 0.2) is 36.3 Å². The Balaban J connectivity index is 2.03. The van der Waals surface area contributed by atoms with E-state index in [9.17, 15) is 13.2 Å². The van der Waals surface area contributed by atoms with Crippen LogP contribution in [0, 0.1) is 0 Å². The molecule has 2 N–H and O–H groups in total. The van der Waals surface area contributed by atoms with Crippen molar-refractivity contribution in [1.29, 1.82) is 0 Å². The lowest BCUT2D eigenvalue weighted by atomic mass is 10.1. The third-order valence-electron chi connectivity index (χ3n) is 3.19. The predicted octanol–water partition coefficient (Wildman–Crippen LogP) is 1.02. The van der Waals surface area contributed by atoms with E-state index in [2.05, 4.69) is 10.0 Å². The van der Waals surface area contributed by atoms with E-state index in [-0.39, 0.29) is 24.1 Å². The zero-order valence-corrected chi connectivity index (χ0v) is 14.6. The maximum atomic E-state index is 12.1. The summed E-state index contributed by atoms with van der Waals surface area (Å²) in [6, 6.07) is 6.92. The van der Waals surface area contributed by atoms with Gasteiger partial charge in [-0.2, -0.15) is 0 Å². The Labute approximate surface area is 142 Å². The van der Waals surface area contributed by atoms with Crippen LogP contribution in [-0.4, -0.2) is 33.6 Å². The summed E-state index contributed by atoms with van der Waals surface area (Å²) in [5.41, 5.74) is 1.37. The molecule has 2 rings (SSSR count). The largest absolute Gasteiger partial charge is 0.494 e. The Hall–Kier alpha value is -2.06. The summed E-state index contributed by atoms with van der Waals surface area (Å²) in [6.45, 7) is 4.48. The van der Waals surface area contributed by atoms with Crippen molar-refractivity contribution in [1.82, 2.24) is 10.0 Å². The number of carbonyl (C=O) groups is 1. The first-order valence-corrected chi connectivity index (χ1v) is 9.32. The number of benzene rings is 1. The highest BCUT2D eigenvalue weighted by atomic mass is 32.2. The summed E-state index contributed by atoms with van der Waals surface area (Å²) >= 11 is 0. The molecule has 1 aromatic carbocycles. The summed E-state index contributed by atoms with van der Waals surface area (Å²) in [4.78, 5) is 12.0. The molecule has 7 nitrogen and oxygen atoms in total. The van der Waals surface area contributed by atoms with Gasteiger partial charge in [0.05, 0.1) is 5.75 Å². The van der Waals surface area contributed by atoms with E-state index in [1.807, 2.05) is 0 Å². The third-order valence-corrected chi connectivity index (χ3v) is 4.71. The van der Waals surface area contributed by atoms with E-state index >= 15 is 0 Å². The summed E-state index contributed by atoms with van der Waals surface area (Å²) in [5, 5.41) is 2.71. The van der Waals surface area contributed by atoms with Crippen molar-refractivity contribution in [2.45, 2.75) is 32.2 Å². The summed E-state index contributed by atoms with van der Waals surface area (Å²) in [5.74, 6) is -0.417. The molecule has 0 spiro atoms. The fourth-order valence-electron chi connectivity index (χ4n) is 2.23. The number of carbonyl (C=O) groups excluding carboxylic acids is 1. The first-order chi connectivity index (χ1) is 11.4. The van der Waals surface area contributed by atoms with Gasteiger partial charge in [0.25, 0.3) is 5.91 Å². The Morgan fingerprint density at radius 1 is 1.21 bits per heavy atom. The average molecular weight is 354 g/mol. The highest BCUT2D eigenvalue weighted by Gasteiger charge is 2.17. The minimum absolute atomic E-state index is 0.118. The van der Waals surface area contributed by atoms with Crippen molar-refractivity contribution in [3.8, 4) is 0 Å². The number of hydrogen-bond donors (Lipinski definition) is 2. The normalized spacial score (nSPS) is 14.5. The van der Waals surface area contributed by atoms with Crippen molar-refractivity contribution in [2.75, 3.05) is 13.2 Å². The molecule has 0 aliphatic carbocycles. The quantitative estimate of drug-likeness (QED) is 0.762. The number of hydrogen-bond acceptors (Lipinski definition) is 5. The molecule has 24 heavy (non-hydrogen) atoms. The van der Waals surface area contributed by atoms with Gasteiger partial charge in [-0.05, 0) is 25.0 Å². The predicted molar refractivity (Wildman–Crippen MR) is 89.2 cm³/mol. The minimum atomic E-state index is -3.43. The summed E-state index contributed by atoms with van der Waals surface area (Å²) in [6.07, 6.45) is 1.28. The molecular formula is C16H22N2O5S. The summed E-state index contributed by atoms with van der Waals surface area (Å²) in [7, 11) is -3.43. The highest BCUT2D eigenvalue weighted by molar-refractivity contribution is 7.88. The van der Waals surface area contributed by atoms with Crippen molar-refractivity contribution < 1.29 is 22.7 Å². The lowest BCUT2D eigenvalue weighted by molar-refractivity contribution is -0.122. The van der Waals surface area contributed by atoms with Crippen LogP contribution >= 0.6 is 0 Å². The molecule has 132 valence electrons. The lowest BCUT2D eigenvalue weighted by Crippen LogP contribution is -2.32. The van der Waals surface area contributed by atoms with Crippen molar-refractivity contribution >= 4 is 15.9 Å². The maximum absolute atomic E-state index is 12.1. The van der Waals surface area contributed by atoms with E-state index in [4.69, 9.17) is 9.47 Å². The second-order valence-electron chi connectivity index (χ2n) is 5.68. The van der Waals surface area contributed by atoms with Gasteiger partial charge in [0, 0.05) is 12.6 Å². The minimum Gasteiger partial charge on any atom is -0.494 e. The second-order valence-corrected chi connectivity index (χ2v) is 7.44. The third kappa shape index (κ3) is 5.54. The summed E-state index contributed by atoms with van der Waals surface area (Å²) < 4.78 is 37.0. The van der Waals surface area contributed by atoms with Gasteiger partial charge >= 0.3 is 0 Å². The highest BCUT2D eigenvalue weighted by Crippen LogP contribution is 2.13. The molecule has 0 radical (unpaired) electrons. The van der Waals surface area contributed by atoms with Crippen LogP contribution in [0.25, 0.3) is 0 Å². The molecule has 0 atom stereocenters. The Morgan fingerprint density at radius 2 is 1.92 bits per heavy atom. The van der Waals surface area contributed by atoms with Gasteiger partial charge in [-0.1, -0.05) is 24.3 Å². The molecule has 0 fully saturated rings. The van der Waals surface area contributed by atoms with Gasteiger partial charge in [0.2, 0.25) is 15.8 Å². The fraction of sp³-hybridized carbons (Fsp3) is 0.438. The second kappa shape index (κ2) is 8.16. The van der Waals surface area contributed by atoms with Crippen LogP contribution in [0.3, 0.4) is 0 Å². The maximum Gasteiger partial charge on any atom is 0.289 e. The van der Waals surface area contributed by atoms with Crippen LogP contribution in [0.1, 0.15) is 25.0 Å². The Morgan fingerprint density at radius 3 is 2.54 bits per heavy atom. The van der Waals surface area contributed by atoms with Crippen LogP contribution in [0.5, 0.6) is 0 Å². The van der Waals surface area contributed by atoms with Gasteiger partial charge in [0.15, 0.2) is 0 Å². The molecule has 1 heterocycles. The van der Waals surface area contributed by atoms with E-state index in [0.717, 1.165) is 5.56 Å². The standard InChI is InChI=1S/C16H22N2O5S/c1-12(2)18-24(20,21)11-14-6-4-3-5-13(14)9-17-16(19)15-10-22-7-8-23-15/h3-6,10,12,18H,7-9,11H2,1-2H3,(H,17,19). The molecule has 0 saturated carbocycles. The van der Waals surface area contributed by atoms with Gasteiger partial charge < -0.3 is 14.8 Å². The van der Waals surface area contributed by atoms with E-state index < -0.39 is 15.9 Å². The number of ether oxygens (including phenoxy) is 2. The Kier molecular flexibility index (Phi) is 6.22. The SMILES string of the molecule is CC(C)NS(=O)(=O)Cc1ccccc1CNC(=O)C1=COCCO1. The van der Waals surface area contributed by atoms with Crippen molar-refractivity contribution in [2.24, 2.45) is 0 Å². The Bertz CT molecular complexity index is 713. The molecule has 1 aliphatic heterocycles. The van der Waals surface area contributed by atoms with Crippen LogP contribution in [-0.2, 0) is 36.6 Å². The van der Waals surface area contributed by atoms with E-state index in [0.29, 0.717) is 18.8 Å². The molecule has 0 unspecified atom stereocenters. The molecular weight excluding hydrogens is 332 g/mol. The zero-order valence-electron chi connectivity index (χ0n) is 13.7. The van der Waals surface area contributed by atoms with Gasteiger partial charge in [-0.3, -0.25) is 4.79 Å². The average Bonchev–Trinajstić information content (AvgIpc) is 2.53. The van der Waals surface area contributed by atoms with Crippen LogP contribution in [0.2, 0.25) is 0 Å². The number of amides is 1. The first kappa shape index (κ1) is 18.3. The van der Waals surface area contributed by atoms with Gasteiger partial charge in [-0.15, -0.1) is 0 Å². The molecule has 1 amide bonds. The first-order valence-electron chi connectivity index (χ1n) is 7.67.